The Morgan fingerprint density at radius 1 is 0.846 bits per heavy atom. The number of halogens is 3. The molecule has 0 unspecified atom stereocenters. The van der Waals surface area contributed by atoms with E-state index < -0.39 is 23.6 Å². The van der Waals surface area contributed by atoms with E-state index in [2.05, 4.69) is 5.32 Å². The molecule has 39 heavy (non-hydrogen) atoms. The first-order chi connectivity index (χ1) is 18.8. The third-order valence-electron chi connectivity index (χ3n) is 6.57. The number of hydrogen-bond donors (Lipinski definition) is 1. The smallest absolute Gasteiger partial charge is 0.416 e. The number of fused-ring (bicyclic) bond motifs is 1. The maximum Gasteiger partial charge on any atom is 0.416 e. The lowest BCUT2D eigenvalue weighted by atomic mass is 9.97. The molecule has 5 nitrogen and oxygen atoms in total. The number of anilines is 1. The third kappa shape index (κ3) is 5.86. The molecule has 0 fully saturated rings. The number of hydrogen-bond acceptors (Lipinski definition) is 4. The molecule has 0 aromatic heterocycles. The number of carbonyl (C=O) groups is 2. The fourth-order valence-electron chi connectivity index (χ4n) is 4.58. The minimum absolute atomic E-state index is 0.185. The van der Waals surface area contributed by atoms with E-state index in [0.29, 0.717) is 29.1 Å². The molecule has 0 saturated heterocycles. The number of rotatable bonds is 6. The van der Waals surface area contributed by atoms with Crippen LogP contribution in [0, 0.1) is 0 Å². The molecule has 0 radical (unpaired) electrons. The Morgan fingerprint density at radius 3 is 2.31 bits per heavy atom. The average Bonchev–Trinajstić information content (AvgIpc) is 2.96. The maximum atomic E-state index is 14.0. The number of alkyl halides is 3. The molecular formula is C31H25F3N2O3. The minimum atomic E-state index is -4.47. The van der Waals surface area contributed by atoms with Gasteiger partial charge in [-0.05, 0) is 77.7 Å². The van der Waals surface area contributed by atoms with Crippen LogP contribution in [-0.4, -0.2) is 25.0 Å². The van der Waals surface area contributed by atoms with E-state index in [-0.39, 0.29) is 12.2 Å². The Balaban J connectivity index is 1.52. The fourth-order valence-corrected chi connectivity index (χ4v) is 4.58. The van der Waals surface area contributed by atoms with Crippen LogP contribution in [0.4, 0.5) is 18.9 Å². The molecule has 1 N–H and O–H groups in total. The van der Waals surface area contributed by atoms with Crippen molar-refractivity contribution in [1.82, 2.24) is 5.32 Å². The van der Waals surface area contributed by atoms with Crippen LogP contribution in [0.3, 0.4) is 0 Å². The zero-order valence-corrected chi connectivity index (χ0v) is 20.9. The van der Waals surface area contributed by atoms with Gasteiger partial charge in [0.15, 0.2) is 6.61 Å². The predicted octanol–water partition coefficient (Wildman–Crippen LogP) is 6.27. The number of nitrogens with zero attached hydrogens (tertiary/aromatic N) is 1. The van der Waals surface area contributed by atoms with E-state index in [1.807, 2.05) is 18.2 Å². The second kappa shape index (κ2) is 11.1. The molecule has 0 saturated carbocycles. The highest BCUT2D eigenvalue weighted by molar-refractivity contribution is 6.23. The number of imide groups is 1. The first-order valence-electron chi connectivity index (χ1n) is 12.5. The molecule has 2 amide bonds. The molecule has 4 aromatic carbocycles. The van der Waals surface area contributed by atoms with Crippen LogP contribution >= 0.6 is 0 Å². The van der Waals surface area contributed by atoms with Crippen molar-refractivity contribution in [3.63, 3.8) is 0 Å². The molecule has 0 bridgehead atoms. The second-order valence-corrected chi connectivity index (χ2v) is 9.14. The standard InChI is InChI=1S/C31H25F3N2O3/c32-31(33,34)24-13-10-21(11-14-24)27-8-4-5-9-28(27)30(38)36(29(37)20-39-26-6-2-1-3-7-26)25-15-12-23-19-35-17-16-22(23)18-25/h1-15,18,35H,16-17,19-20H2. The van der Waals surface area contributed by atoms with E-state index in [9.17, 15) is 22.8 Å². The summed E-state index contributed by atoms with van der Waals surface area (Å²) in [6.07, 6.45) is -3.72. The van der Waals surface area contributed by atoms with Gasteiger partial charge in [-0.3, -0.25) is 9.59 Å². The van der Waals surface area contributed by atoms with Crippen LogP contribution in [0.5, 0.6) is 5.75 Å². The summed E-state index contributed by atoms with van der Waals surface area (Å²) in [7, 11) is 0. The summed E-state index contributed by atoms with van der Waals surface area (Å²) in [5.74, 6) is -0.680. The quantitative estimate of drug-likeness (QED) is 0.319. The highest BCUT2D eigenvalue weighted by Gasteiger charge is 2.31. The van der Waals surface area contributed by atoms with E-state index in [1.165, 1.54) is 12.1 Å². The number of ether oxygens (including phenoxy) is 1. The van der Waals surface area contributed by atoms with Crippen molar-refractivity contribution in [2.75, 3.05) is 18.1 Å². The van der Waals surface area contributed by atoms with Gasteiger partial charge in [0.05, 0.1) is 11.3 Å². The zero-order valence-electron chi connectivity index (χ0n) is 20.9. The first kappa shape index (κ1) is 26.2. The van der Waals surface area contributed by atoms with Gasteiger partial charge in [0.2, 0.25) is 0 Å². The summed E-state index contributed by atoms with van der Waals surface area (Å²) in [6.45, 7) is 1.11. The average molecular weight is 531 g/mol. The lowest BCUT2D eigenvalue weighted by molar-refractivity contribution is -0.137. The fraction of sp³-hybridized carbons (Fsp3) is 0.161. The summed E-state index contributed by atoms with van der Waals surface area (Å²) in [5.41, 5.74) is 2.78. The van der Waals surface area contributed by atoms with Gasteiger partial charge in [0, 0.05) is 12.1 Å². The van der Waals surface area contributed by atoms with Crippen LogP contribution < -0.4 is 15.0 Å². The van der Waals surface area contributed by atoms with Gasteiger partial charge < -0.3 is 10.1 Å². The molecule has 4 aromatic rings. The maximum absolute atomic E-state index is 14.0. The number of benzene rings is 4. The van der Waals surface area contributed by atoms with Crippen LogP contribution in [0.15, 0.2) is 97.1 Å². The molecule has 0 aliphatic carbocycles. The molecule has 0 spiro atoms. The normalized spacial score (nSPS) is 12.9. The van der Waals surface area contributed by atoms with Crippen LogP contribution in [0.2, 0.25) is 0 Å². The Hall–Kier alpha value is -4.43. The van der Waals surface area contributed by atoms with Gasteiger partial charge in [-0.1, -0.05) is 54.6 Å². The summed E-state index contributed by atoms with van der Waals surface area (Å²) in [6, 6.07) is 25.4. The van der Waals surface area contributed by atoms with E-state index >= 15 is 0 Å². The van der Waals surface area contributed by atoms with Gasteiger partial charge in [-0.25, -0.2) is 4.90 Å². The summed E-state index contributed by atoms with van der Waals surface area (Å²) in [4.78, 5) is 28.7. The second-order valence-electron chi connectivity index (χ2n) is 9.14. The minimum Gasteiger partial charge on any atom is -0.484 e. The van der Waals surface area contributed by atoms with Crippen molar-refractivity contribution in [2.45, 2.75) is 19.1 Å². The molecule has 198 valence electrons. The van der Waals surface area contributed by atoms with E-state index in [0.717, 1.165) is 41.1 Å². The van der Waals surface area contributed by atoms with Gasteiger partial charge in [0.1, 0.15) is 5.75 Å². The van der Waals surface area contributed by atoms with Gasteiger partial charge >= 0.3 is 6.18 Å². The molecule has 8 heteroatoms. The molecular weight excluding hydrogens is 505 g/mol. The topological polar surface area (TPSA) is 58.6 Å². The number of para-hydroxylation sites is 1. The van der Waals surface area contributed by atoms with Gasteiger partial charge in [-0.15, -0.1) is 0 Å². The highest BCUT2D eigenvalue weighted by atomic mass is 19.4. The van der Waals surface area contributed by atoms with Crippen molar-refractivity contribution in [3.05, 3.63) is 119 Å². The number of nitrogens with one attached hydrogen (secondary N) is 1. The third-order valence-corrected chi connectivity index (χ3v) is 6.57. The van der Waals surface area contributed by atoms with Crippen LogP contribution in [0.25, 0.3) is 11.1 Å². The first-order valence-corrected chi connectivity index (χ1v) is 12.5. The van der Waals surface area contributed by atoms with Crippen molar-refractivity contribution in [1.29, 1.82) is 0 Å². The van der Waals surface area contributed by atoms with Crippen LogP contribution in [-0.2, 0) is 23.9 Å². The zero-order chi connectivity index (χ0) is 27.4. The molecule has 1 heterocycles. The Bertz CT molecular complexity index is 1490. The van der Waals surface area contributed by atoms with Crippen molar-refractivity contribution in [3.8, 4) is 16.9 Å². The van der Waals surface area contributed by atoms with Crippen molar-refractivity contribution >= 4 is 17.5 Å². The highest BCUT2D eigenvalue weighted by Crippen LogP contribution is 2.33. The van der Waals surface area contributed by atoms with Gasteiger partial charge in [-0.2, -0.15) is 13.2 Å². The molecule has 1 aliphatic rings. The molecule has 1 aliphatic heterocycles. The summed E-state index contributed by atoms with van der Waals surface area (Å²) >= 11 is 0. The summed E-state index contributed by atoms with van der Waals surface area (Å²) in [5, 5.41) is 3.30. The lowest BCUT2D eigenvalue weighted by Gasteiger charge is -2.25. The molecule has 0 atom stereocenters. The molecule has 5 rings (SSSR count). The predicted molar refractivity (Wildman–Crippen MR) is 142 cm³/mol. The Labute approximate surface area is 223 Å². The van der Waals surface area contributed by atoms with Crippen LogP contribution in [0.1, 0.15) is 27.0 Å². The van der Waals surface area contributed by atoms with E-state index in [1.54, 1.807) is 54.6 Å². The SMILES string of the molecule is O=C(COc1ccccc1)N(C(=O)c1ccccc1-c1ccc(C(F)(F)F)cc1)c1ccc2c(c1)CCNC2. The lowest BCUT2D eigenvalue weighted by Crippen LogP contribution is -2.40. The number of carbonyl (C=O) groups excluding carboxylic acids is 2. The Morgan fingerprint density at radius 2 is 1.56 bits per heavy atom. The van der Waals surface area contributed by atoms with Crippen molar-refractivity contribution in [2.24, 2.45) is 0 Å². The largest absolute Gasteiger partial charge is 0.484 e. The number of amides is 2. The Kier molecular flexibility index (Phi) is 7.47. The summed E-state index contributed by atoms with van der Waals surface area (Å²) < 4.78 is 45.0. The van der Waals surface area contributed by atoms with Gasteiger partial charge in [0.25, 0.3) is 11.8 Å². The van der Waals surface area contributed by atoms with Crippen molar-refractivity contribution < 1.29 is 27.5 Å². The van der Waals surface area contributed by atoms with E-state index in [4.69, 9.17) is 4.74 Å². The monoisotopic (exact) mass is 530 g/mol.